The Morgan fingerprint density at radius 2 is 2.17 bits per heavy atom. The molecular weight excluding hydrogens is 158 g/mol. The van der Waals surface area contributed by atoms with Crippen LogP contribution >= 0.6 is 0 Å². The maximum absolute atomic E-state index is 11.0. The number of carbonyl (C=O) groups excluding carboxylic acids is 1. The highest BCUT2D eigenvalue weighted by atomic mass is 16.4. The summed E-state index contributed by atoms with van der Waals surface area (Å²) in [7, 11) is 0. The third-order valence-corrected chi connectivity index (χ3v) is 1.64. The number of carboxylic acids is 1. The molecule has 1 aliphatic rings. The minimum Gasteiger partial charge on any atom is -0.478 e. The predicted molar refractivity (Wildman–Crippen MR) is 43.0 cm³/mol. The molecule has 0 bridgehead atoms. The minimum absolute atomic E-state index is 0.0691. The first-order valence-electron chi connectivity index (χ1n) is 3.48. The molecule has 4 nitrogen and oxygen atoms in total. The minimum atomic E-state index is -1.06. The van der Waals surface area contributed by atoms with E-state index in [0.29, 0.717) is 0 Å². The average molecular weight is 167 g/mol. The van der Waals surface area contributed by atoms with Crippen molar-refractivity contribution in [2.75, 3.05) is 0 Å². The molecule has 0 aromatic heterocycles. The van der Waals surface area contributed by atoms with Crippen LogP contribution in [0, 0.1) is 5.41 Å². The van der Waals surface area contributed by atoms with Crippen molar-refractivity contribution in [2.24, 2.45) is 10.4 Å². The summed E-state index contributed by atoms with van der Waals surface area (Å²) in [6.45, 7) is 3.27. The van der Waals surface area contributed by atoms with Crippen LogP contribution in [0.15, 0.2) is 16.6 Å². The van der Waals surface area contributed by atoms with Crippen molar-refractivity contribution in [1.29, 1.82) is 0 Å². The lowest BCUT2D eigenvalue weighted by Crippen LogP contribution is -2.25. The van der Waals surface area contributed by atoms with Crippen molar-refractivity contribution in [3.63, 3.8) is 0 Å². The van der Waals surface area contributed by atoms with Crippen molar-refractivity contribution < 1.29 is 14.7 Å². The molecule has 4 heteroatoms. The number of aliphatic imine (C=N–C) groups is 1. The van der Waals surface area contributed by atoms with Gasteiger partial charge in [-0.25, -0.2) is 9.79 Å². The molecule has 1 aliphatic heterocycles. The quantitative estimate of drug-likeness (QED) is 0.623. The lowest BCUT2D eigenvalue weighted by atomic mass is 9.88. The molecule has 1 heterocycles. The summed E-state index contributed by atoms with van der Waals surface area (Å²) in [6, 6.07) is 0. The maximum atomic E-state index is 11.0. The van der Waals surface area contributed by atoms with E-state index in [1.807, 2.05) is 0 Å². The Balaban J connectivity index is 3.05. The van der Waals surface area contributed by atoms with Gasteiger partial charge in [-0.1, -0.05) is 6.08 Å². The number of rotatable bonds is 1. The zero-order valence-electron chi connectivity index (χ0n) is 6.87. The van der Waals surface area contributed by atoms with Crippen molar-refractivity contribution in [1.82, 2.24) is 0 Å². The molecule has 0 atom stereocenters. The number of dihydropyridines is 1. The fourth-order valence-corrected chi connectivity index (χ4v) is 0.899. The Morgan fingerprint density at radius 3 is 2.58 bits per heavy atom. The van der Waals surface area contributed by atoms with E-state index >= 15 is 0 Å². The van der Waals surface area contributed by atoms with Gasteiger partial charge in [0.2, 0.25) is 0 Å². The molecule has 64 valence electrons. The molecule has 0 unspecified atom stereocenters. The van der Waals surface area contributed by atoms with Gasteiger partial charge in [-0.3, -0.25) is 4.79 Å². The van der Waals surface area contributed by atoms with Gasteiger partial charge < -0.3 is 5.11 Å². The first kappa shape index (κ1) is 8.64. The SMILES string of the molecule is CC1(C)C=C(C(=O)O)C=NC1=O. The largest absolute Gasteiger partial charge is 0.478 e. The van der Waals surface area contributed by atoms with Crippen LogP contribution in [0.25, 0.3) is 0 Å². The van der Waals surface area contributed by atoms with Crippen LogP contribution in [-0.4, -0.2) is 23.2 Å². The lowest BCUT2D eigenvalue weighted by molar-refractivity contribution is -0.132. The Labute approximate surface area is 69.6 Å². The first-order chi connectivity index (χ1) is 5.43. The van der Waals surface area contributed by atoms with Gasteiger partial charge in [0.15, 0.2) is 0 Å². The van der Waals surface area contributed by atoms with Gasteiger partial charge in [0, 0.05) is 6.21 Å². The van der Waals surface area contributed by atoms with Gasteiger partial charge in [0.25, 0.3) is 5.91 Å². The molecule has 0 radical (unpaired) electrons. The molecule has 1 rings (SSSR count). The summed E-state index contributed by atoms with van der Waals surface area (Å²) in [5.41, 5.74) is -0.720. The summed E-state index contributed by atoms with van der Waals surface area (Å²) < 4.78 is 0. The molecule has 0 fully saturated rings. The average Bonchev–Trinajstić information content (AvgIpc) is 1.94. The van der Waals surface area contributed by atoms with Crippen LogP contribution in [0.3, 0.4) is 0 Å². The van der Waals surface area contributed by atoms with Gasteiger partial charge >= 0.3 is 5.97 Å². The number of hydrogen-bond donors (Lipinski definition) is 1. The Bertz CT molecular complexity index is 299. The van der Waals surface area contributed by atoms with Crippen molar-refractivity contribution in [2.45, 2.75) is 13.8 Å². The van der Waals surface area contributed by atoms with Crippen LogP contribution in [0.1, 0.15) is 13.8 Å². The monoisotopic (exact) mass is 167 g/mol. The van der Waals surface area contributed by atoms with E-state index in [0.717, 1.165) is 6.21 Å². The Hall–Kier alpha value is -1.45. The molecule has 1 amide bonds. The van der Waals surface area contributed by atoms with Crippen LogP contribution in [0.2, 0.25) is 0 Å². The van der Waals surface area contributed by atoms with E-state index < -0.39 is 11.4 Å². The molecule has 0 aliphatic carbocycles. The van der Waals surface area contributed by atoms with Gasteiger partial charge in [-0.15, -0.1) is 0 Å². The van der Waals surface area contributed by atoms with Crippen LogP contribution in [-0.2, 0) is 9.59 Å². The highest BCUT2D eigenvalue weighted by molar-refractivity contribution is 6.14. The molecule has 0 aromatic carbocycles. The summed E-state index contributed by atoms with van der Waals surface area (Å²) in [5.74, 6) is -1.37. The molecule has 1 N–H and O–H groups in total. The van der Waals surface area contributed by atoms with E-state index in [2.05, 4.69) is 4.99 Å². The summed E-state index contributed by atoms with van der Waals surface area (Å²) in [5, 5.41) is 8.59. The topological polar surface area (TPSA) is 66.7 Å². The zero-order valence-corrected chi connectivity index (χ0v) is 6.87. The fraction of sp³-hybridized carbons (Fsp3) is 0.375. The number of aliphatic carboxylic acids is 1. The zero-order chi connectivity index (χ0) is 9.35. The molecule has 0 spiro atoms. The summed E-state index contributed by atoms with van der Waals surface area (Å²) >= 11 is 0. The van der Waals surface area contributed by atoms with E-state index in [-0.39, 0.29) is 11.5 Å². The summed E-state index contributed by atoms with van der Waals surface area (Å²) in [4.78, 5) is 25.0. The third kappa shape index (κ3) is 1.42. The highest BCUT2D eigenvalue weighted by Crippen LogP contribution is 2.23. The van der Waals surface area contributed by atoms with Gasteiger partial charge in [0.1, 0.15) is 0 Å². The Kier molecular flexibility index (Phi) is 1.84. The molecule has 0 saturated heterocycles. The third-order valence-electron chi connectivity index (χ3n) is 1.64. The number of nitrogens with zero attached hydrogens (tertiary/aromatic N) is 1. The highest BCUT2D eigenvalue weighted by Gasteiger charge is 2.29. The van der Waals surface area contributed by atoms with E-state index in [9.17, 15) is 9.59 Å². The van der Waals surface area contributed by atoms with E-state index in [1.165, 1.54) is 6.08 Å². The Morgan fingerprint density at radius 1 is 1.58 bits per heavy atom. The van der Waals surface area contributed by atoms with Crippen molar-refractivity contribution in [3.05, 3.63) is 11.6 Å². The maximum Gasteiger partial charge on any atom is 0.336 e. The summed E-state index contributed by atoms with van der Waals surface area (Å²) in [6.07, 6.45) is 2.49. The normalized spacial score (nSPS) is 20.5. The standard InChI is InChI=1S/C8H9NO3/c1-8(2)3-5(6(10)11)4-9-7(8)12/h3-4H,1-2H3,(H,10,11). The molecule has 0 saturated carbocycles. The second-order valence-electron chi connectivity index (χ2n) is 3.19. The van der Waals surface area contributed by atoms with E-state index in [1.54, 1.807) is 13.8 Å². The van der Waals surface area contributed by atoms with Crippen LogP contribution in [0.5, 0.6) is 0 Å². The van der Waals surface area contributed by atoms with Crippen molar-refractivity contribution in [3.8, 4) is 0 Å². The van der Waals surface area contributed by atoms with E-state index in [4.69, 9.17) is 5.11 Å². The number of carboxylic acid groups (broad SMARTS) is 1. The lowest BCUT2D eigenvalue weighted by Gasteiger charge is -2.18. The van der Waals surface area contributed by atoms with Gasteiger partial charge in [-0.05, 0) is 13.8 Å². The molecular formula is C8H9NO3. The number of amides is 1. The van der Waals surface area contributed by atoms with Gasteiger partial charge in [0.05, 0.1) is 11.0 Å². The molecule has 12 heavy (non-hydrogen) atoms. The first-order valence-corrected chi connectivity index (χ1v) is 3.48. The molecule has 0 aromatic rings. The number of carbonyl (C=O) groups is 2. The second-order valence-corrected chi connectivity index (χ2v) is 3.19. The van der Waals surface area contributed by atoms with Gasteiger partial charge in [-0.2, -0.15) is 0 Å². The smallest absolute Gasteiger partial charge is 0.336 e. The number of hydrogen-bond acceptors (Lipinski definition) is 2. The van der Waals surface area contributed by atoms with Crippen molar-refractivity contribution >= 4 is 18.1 Å². The fourth-order valence-electron chi connectivity index (χ4n) is 0.899. The predicted octanol–water partition coefficient (Wildman–Crippen LogP) is 0.635. The van der Waals surface area contributed by atoms with Crippen LogP contribution in [0.4, 0.5) is 0 Å². The van der Waals surface area contributed by atoms with Crippen LogP contribution < -0.4 is 0 Å². The second kappa shape index (κ2) is 2.55.